The minimum Gasteiger partial charge on any atom is -0.439 e. The standard InChI is InChI=1S/C25H27N5O4S2/c1-3-21-22(17(2)29-36(31,32)20-7-8-23-24(16-20)28-35-27-23)9-10-26-25(21)34-19-6-4-5-18(15-19)30-11-13-33-14-12-30/h4-10,15-17,29H,3,11-14H2,1-2H3. The first-order valence-electron chi connectivity index (χ1n) is 11.8. The van der Waals surface area contributed by atoms with Crippen LogP contribution in [0.5, 0.6) is 11.6 Å². The Kier molecular flexibility index (Phi) is 7.15. The highest BCUT2D eigenvalue weighted by atomic mass is 32.2. The quantitative estimate of drug-likeness (QED) is 0.346. The van der Waals surface area contributed by atoms with Gasteiger partial charge in [-0.15, -0.1) is 0 Å². The van der Waals surface area contributed by atoms with E-state index in [4.69, 9.17) is 9.47 Å². The van der Waals surface area contributed by atoms with Crippen LogP contribution < -0.4 is 14.4 Å². The molecule has 36 heavy (non-hydrogen) atoms. The molecule has 0 saturated carbocycles. The van der Waals surface area contributed by atoms with Gasteiger partial charge in [0.05, 0.1) is 29.5 Å². The summed E-state index contributed by atoms with van der Waals surface area (Å²) in [5.74, 6) is 1.15. The predicted octanol–water partition coefficient (Wildman–Crippen LogP) is 5.04. The van der Waals surface area contributed by atoms with Crippen LogP contribution in [0.15, 0.2) is 68.3 Å². The zero-order chi connectivity index (χ0) is 25.1. The van der Waals surface area contributed by atoms with E-state index in [1.807, 2.05) is 38.1 Å². The molecule has 188 valence electrons. The van der Waals surface area contributed by atoms with E-state index in [0.717, 1.165) is 41.3 Å². The molecule has 1 saturated heterocycles. The Hall–Kier alpha value is -3.12. The molecular formula is C25H27N5O4S2. The van der Waals surface area contributed by atoms with Crippen LogP contribution in [-0.4, -0.2) is 39.7 Å². The van der Waals surface area contributed by atoms with Crippen molar-refractivity contribution in [2.75, 3.05) is 31.2 Å². The van der Waals surface area contributed by atoms with Crippen molar-refractivity contribution >= 4 is 38.4 Å². The van der Waals surface area contributed by atoms with Gasteiger partial charge in [-0.1, -0.05) is 13.0 Å². The van der Waals surface area contributed by atoms with Crippen LogP contribution in [0.2, 0.25) is 0 Å². The van der Waals surface area contributed by atoms with E-state index in [9.17, 15) is 8.42 Å². The zero-order valence-electron chi connectivity index (χ0n) is 20.0. The van der Waals surface area contributed by atoms with Crippen LogP contribution in [0.25, 0.3) is 0 Å². The van der Waals surface area contributed by atoms with Gasteiger partial charge in [-0.2, -0.15) is 8.73 Å². The minimum absolute atomic E-state index is 0.151. The number of benzene rings is 2. The van der Waals surface area contributed by atoms with Gasteiger partial charge in [0.2, 0.25) is 15.9 Å². The number of sulfonamides is 1. The topological polar surface area (TPSA) is 105 Å². The van der Waals surface area contributed by atoms with Gasteiger partial charge in [0.25, 0.3) is 0 Å². The number of aromatic nitrogens is 1. The summed E-state index contributed by atoms with van der Waals surface area (Å²) in [5, 5.41) is 0. The molecule has 3 aromatic rings. The van der Waals surface area contributed by atoms with E-state index in [-0.39, 0.29) is 4.90 Å². The number of pyridine rings is 1. The Morgan fingerprint density at radius 1 is 1.11 bits per heavy atom. The zero-order valence-corrected chi connectivity index (χ0v) is 21.7. The third kappa shape index (κ3) is 5.19. The maximum atomic E-state index is 13.1. The number of rotatable bonds is 8. The summed E-state index contributed by atoms with van der Waals surface area (Å²) in [6.07, 6.45) is 2.28. The minimum atomic E-state index is -3.78. The van der Waals surface area contributed by atoms with Gasteiger partial charge in [-0.25, -0.2) is 18.1 Å². The lowest BCUT2D eigenvalue weighted by molar-refractivity contribution is 0.122. The molecule has 1 unspecified atom stereocenters. The summed E-state index contributed by atoms with van der Waals surface area (Å²) in [6, 6.07) is 14.0. The molecule has 1 aromatic heterocycles. The van der Waals surface area contributed by atoms with Gasteiger partial charge >= 0.3 is 0 Å². The molecule has 3 heterocycles. The van der Waals surface area contributed by atoms with Crippen LogP contribution in [0, 0.1) is 0 Å². The molecule has 2 aliphatic rings. The lowest BCUT2D eigenvalue weighted by atomic mass is 10.0. The van der Waals surface area contributed by atoms with Crippen molar-refractivity contribution in [2.45, 2.75) is 31.2 Å². The first kappa shape index (κ1) is 24.6. The molecule has 2 aliphatic heterocycles. The highest BCUT2D eigenvalue weighted by molar-refractivity contribution is 7.89. The van der Waals surface area contributed by atoms with Crippen LogP contribution in [0.1, 0.15) is 31.0 Å². The SMILES string of the molecule is CCc1c(C(C)NS(=O)(=O)c2ccc3c(c2)N=S=N3)ccnc1Oc1cccc(N2CCOCC2)c1. The Balaban J connectivity index is 1.37. The van der Waals surface area contributed by atoms with E-state index in [2.05, 4.69) is 29.4 Å². The van der Waals surface area contributed by atoms with Crippen LogP contribution >= 0.6 is 0 Å². The summed E-state index contributed by atoms with van der Waals surface area (Å²) in [7, 11) is -3.78. The smallest absolute Gasteiger partial charge is 0.241 e. The lowest BCUT2D eigenvalue weighted by Crippen LogP contribution is -2.36. The Labute approximate surface area is 214 Å². The number of anilines is 1. The van der Waals surface area contributed by atoms with Crippen molar-refractivity contribution in [3.05, 3.63) is 65.9 Å². The second kappa shape index (κ2) is 10.5. The van der Waals surface area contributed by atoms with Crippen molar-refractivity contribution < 1.29 is 17.9 Å². The number of ether oxygens (including phenoxy) is 2. The Bertz CT molecular complexity index is 1450. The third-order valence-electron chi connectivity index (χ3n) is 6.15. The summed E-state index contributed by atoms with van der Waals surface area (Å²) in [6.45, 7) is 6.90. The van der Waals surface area contributed by atoms with Gasteiger partial charge < -0.3 is 14.4 Å². The second-order valence-corrected chi connectivity index (χ2v) is 10.7. The Morgan fingerprint density at radius 2 is 1.92 bits per heavy atom. The van der Waals surface area contributed by atoms with Crippen molar-refractivity contribution in [3.63, 3.8) is 0 Å². The summed E-state index contributed by atoms with van der Waals surface area (Å²) < 4.78 is 49.0. The average Bonchev–Trinajstić information content (AvgIpc) is 3.37. The number of hydrogen-bond donors (Lipinski definition) is 1. The fourth-order valence-corrected chi connectivity index (χ4v) is 6.07. The van der Waals surface area contributed by atoms with Gasteiger partial charge in [-0.05, 0) is 55.3 Å². The maximum Gasteiger partial charge on any atom is 0.241 e. The average molecular weight is 526 g/mol. The number of nitrogens with one attached hydrogen (secondary N) is 1. The highest BCUT2D eigenvalue weighted by Gasteiger charge is 2.23. The summed E-state index contributed by atoms with van der Waals surface area (Å²) in [5.41, 5.74) is 3.96. The van der Waals surface area contributed by atoms with Crippen LogP contribution in [0.3, 0.4) is 0 Å². The van der Waals surface area contributed by atoms with Gasteiger partial charge in [0, 0.05) is 42.6 Å². The second-order valence-electron chi connectivity index (χ2n) is 8.49. The van der Waals surface area contributed by atoms with Crippen molar-refractivity contribution in [2.24, 2.45) is 8.73 Å². The molecule has 1 atom stereocenters. The fraction of sp³-hybridized carbons (Fsp3) is 0.320. The first-order valence-corrected chi connectivity index (χ1v) is 14.0. The van der Waals surface area contributed by atoms with Gasteiger partial charge in [0.1, 0.15) is 17.1 Å². The lowest BCUT2D eigenvalue weighted by Gasteiger charge is -2.29. The van der Waals surface area contributed by atoms with Crippen molar-refractivity contribution in [1.29, 1.82) is 0 Å². The summed E-state index contributed by atoms with van der Waals surface area (Å²) in [4.78, 5) is 6.88. The molecule has 0 radical (unpaired) electrons. The third-order valence-corrected chi connectivity index (χ3v) is 8.24. The molecule has 0 bridgehead atoms. The molecule has 5 rings (SSSR count). The molecule has 1 fully saturated rings. The molecule has 9 nitrogen and oxygen atoms in total. The van der Waals surface area contributed by atoms with Gasteiger partial charge in [-0.3, -0.25) is 0 Å². The normalized spacial score (nSPS) is 15.9. The number of fused-ring (bicyclic) bond motifs is 1. The predicted molar refractivity (Wildman–Crippen MR) is 140 cm³/mol. The molecule has 0 amide bonds. The highest BCUT2D eigenvalue weighted by Crippen LogP contribution is 2.35. The van der Waals surface area contributed by atoms with E-state index in [1.54, 1.807) is 18.3 Å². The van der Waals surface area contributed by atoms with E-state index in [0.29, 0.717) is 42.6 Å². The van der Waals surface area contributed by atoms with Crippen molar-refractivity contribution in [3.8, 4) is 11.6 Å². The fourth-order valence-electron chi connectivity index (χ4n) is 4.31. The molecular weight excluding hydrogens is 498 g/mol. The molecule has 0 spiro atoms. The first-order chi connectivity index (χ1) is 17.4. The van der Waals surface area contributed by atoms with E-state index >= 15 is 0 Å². The van der Waals surface area contributed by atoms with Crippen LogP contribution in [0.4, 0.5) is 17.1 Å². The largest absolute Gasteiger partial charge is 0.439 e. The molecule has 0 aliphatic carbocycles. The van der Waals surface area contributed by atoms with E-state index < -0.39 is 16.1 Å². The molecule has 1 N–H and O–H groups in total. The van der Waals surface area contributed by atoms with Gasteiger partial charge in [0.15, 0.2) is 0 Å². The molecule has 11 heteroatoms. The maximum absolute atomic E-state index is 13.1. The van der Waals surface area contributed by atoms with Crippen LogP contribution in [-0.2, 0) is 32.5 Å². The number of morpholine rings is 1. The summed E-state index contributed by atoms with van der Waals surface area (Å²) >= 11 is 1.05. The van der Waals surface area contributed by atoms with Crippen molar-refractivity contribution in [1.82, 2.24) is 9.71 Å². The number of nitrogens with zero attached hydrogens (tertiary/aromatic N) is 4. The van der Waals surface area contributed by atoms with E-state index in [1.165, 1.54) is 6.07 Å². The monoisotopic (exact) mass is 525 g/mol. The Morgan fingerprint density at radius 3 is 2.72 bits per heavy atom. The molecule has 2 aromatic carbocycles. The number of hydrogen-bond acceptors (Lipinski definition) is 8.